The molecule has 0 spiro atoms. The van der Waals surface area contributed by atoms with Gasteiger partial charge in [-0.25, -0.2) is 4.39 Å². The molecule has 1 heterocycles. The number of halogens is 2. The first kappa shape index (κ1) is 13.3. The first-order chi connectivity index (χ1) is 8.58. The van der Waals surface area contributed by atoms with E-state index in [1.807, 2.05) is 5.38 Å². The first-order valence-corrected chi connectivity index (χ1v) is 6.66. The van der Waals surface area contributed by atoms with Gasteiger partial charge in [-0.1, -0.05) is 11.6 Å². The fourth-order valence-corrected chi connectivity index (χ4v) is 2.55. The van der Waals surface area contributed by atoms with E-state index in [1.165, 1.54) is 29.5 Å². The second-order valence-corrected chi connectivity index (χ2v) is 5.25. The van der Waals surface area contributed by atoms with E-state index in [4.69, 9.17) is 16.3 Å². The van der Waals surface area contributed by atoms with E-state index >= 15 is 0 Å². The van der Waals surface area contributed by atoms with Crippen LogP contribution < -0.4 is 4.74 Å². The lowest BCUT2D eigenvalue weighted by molar-refractivity contribution is 0.190. The van der Waals surface area contributed by atoms with E-state index in [0.717, 1.165) is 4.88 Å². The highest BCUT2D eigenvalue weighted by molar-refractivity contribution is 7.10. The zero-order valence-corrected chi connectivity index (χ0v) is 11.3. The van der Waals surface area contributed by atoms with Gasteiger partial charge in [0.15, 0.2) is 0 Å². The molecule has 0 saturated carbocycles. The SMILES string of the molecule is C[C@@H](O)c1ccc(F)cc1OCc1sccc1Cl. The van der Waals surface area contributed by atoms with Crippen molar-refractivity contribution in [2.75, 3.05) is 0 Å². The molecule has 1 N–H and O–H groups in total. The Morgan fingerprint density at radius 2 is 2.22 bits per heavy atom. The summed E-state index contributed by atoms with van der Waals surface area (Å²) in [5.74, 6) is -0.0545. The number of aliphatic hydroxyl groups excluding tert-OH is 1. The Bertz CT molecular complexity index is 540. The van der Waals surface area contributed by atoms with Crippen LogP contribution in [-0.4, -0.2) is 5.11 Å². The van der Waals surface area contributed by atoms with Crippen molar-refractivity contribution in [3.05, 3.63) is 50.9 Å². The highest BCUT2D eigenvalue weighted by atomic mass is 35.5. The quantitative estimate of drug-likeness (QED) is 0.914. The Hall–Kier alpha value is -1.10. The fraction of sp³-hybridized carbons (Fsp3) is 0.231. The van der Waals surface area contributed by atoms with Gasteiger partial charge in [0.2, 0.25) is 0 Å². The average Bonchev–Trinajstić information content (AvgIpc) is 2.72. The molecule has 0 saturated heterocycles. The van der Waals surface area contributed by atoms with Gasteiger partial charge in [-0.3, -0.25) is 0 Å². The molecule has 2 nitrogen and oxygen atoms in total. The fourth-order valence-electron chi connectivity index (χ4n) is 1.55. The van der Waals surface area contributed by atoms with Crippen LogP contribution in [-0.2, 0) is 6.61 Å². The van der Waals surface area contributed by atoms with Crippen molar-refractivity contribution in [1.29, 1.82) is 0 Å². The van der Waals surface area contributed by atoms with E-state index in [1.54, 1.807) is 13.0 Å². The van der Waals surface area contributed by atoms with Gasteiger partial charge in [0, 0.05) is 11.6 Å². The molecule has 2 rings (SSSR count). The Labute approximate surface area is 114 Å². The van der Waals surface area contributed by atoms with Crippen molar-refractivity contribution in [2.24, 2.45) is 0 Å². The predicted octanol–water partition coefficient (Wildman–Crippen LogP) is 4.17. The topological polar surface area (TPSA) is 29.5 Å². The van der Waals surface area contributed by atoms with Gasteiger partial charge in [-0.05, 0) is 30.5 Å². The summed E-state index contributed by atoms with van der Waals surface area (Å²) in [4.78, 5) is 0.873. The highest BCUT2D eigenvalue weighted by Gasteiger charge is 2.11. The van der Waals surface area contributed by atoms with Crippen LogP contribution in [0.4, 0.5) is 4.39 Å². The Morgan fingerprint density at radius 1 is 1.44 bits per heavy atom. The van der Waals surface area contributed by atoms with Crippen LogP contribution in [0.15, 0.2) is 29.6 Å². The van der Waals surface area contributed by atoms with Crippen molar-refractivity contribution < 1.29 is 14.2 Å². The summed E-state index contributed by atoms with van der Waals surface area (Å²) in [5, 5.41) is 12.1. The summed E-state index contributed by atoms with van der Waals surface area (Å²) < 4.78 is 18.7. The number of thiophene rings is 1. The van der Waals surface area contributed by atoms with Crippen molar-refractivity contribution in [3.63, 3.8) is 0 Å². The van der Waals surface area contributed by atoms with Crippen LogP contribution in [0, 0.1) is 5.82 Å². The molecule has 1 aromatic carbocycles. The zero-order chi connectivity index (χ0) is 13.1. The third kappa shape index (κ3) is 3.02. The molecule has 0 aliphatic rings. The van der Waals surface area contributed by atoms with Crippen LogP contribution >= 0.6 is 22.9 Å². The van der Waals surface area contributed by atoms with Gasteiger partial charge >= 0.3 is 0 Å². The summed E-state index contributed by atoms with van der Waals surface area (Å²) in [5.41, 5.74) is 0.559. The molecule has 0 fully saturated rings. The van der Waals surface area contributed by atoms with Gasteiger partial charge in [0.1, 0.15) is 18.2 Å². The van der Waals surface area contributed by atoms with Crippen LogP contribution in [0.3, 0.4) is 0 Å². The van der Waals surface area contributed by atoms with Gasteiger partial charge in [0.05, 0.1) is 16.0 Å². The number of aliphatic hydroxyl groups is 1. The van der Waals surface area contributed by atoms with Crippen LogP contribution in [0.5, 0.6) is 5.75 Å². The van der Waals surface area contributed by atoms with Crippen molar-refractivity contribution >= 4 is 22.9 Å². The molecule has 0 unspecified atom stereocenters. The van der Waals surface area contributed by atoms with Crippen LogP contribution in [0.1, 0.15) is 23.5 Å². The van der Waals surface area contributed by atoms with Gasteiger partial charge < -0.3 is 9.84 Å². The maximum Gasteiger partial charge on any atom is 0.128 e. The normalized spacial score (nSPS) is 12.4. The maximum absolute atomic E-state index is 13.2. The van der Waals surface area contributed by atoms with Crippen LogP contribution in [0.25, 0.3) is 0 Å². The number of hydrogen-bond acceptors (Lipinski definition) is 3. The Balaban J connectivity index is 2.18. The lowest BCUT2D eigenvalue weighted by Gasteiger charge is -2.13. The molecule has 1 aromatic heterocycles. The molecule has 18 heavy (non-hydrogen) atoms. The minimum atomic E-state index is -0.709. The molecule has 1 atom stereocenters. The number of hydrogen-bond donors (Lipinski definition) is 1. The monoisotopic (exact) mass is 286 g/mol. The highest BCUT2D eigenvalue weighted by Crippen LogP contribution is 2.29. The second kappa shape index (κ2) is 5.69. The largest absolute Gasteiger partial charge is 0.488 e. The standard InChI is InChI=1S/C13H12ClFO2S/c1-8(16)10-3-2-9(15)6-12(10)17-7-13-11(14)4-5-18-13/h2-6,8,16H,7H2,1H3/t8-/m1/s1. The van der Waals surface area contributed by atoms with Gasteiger partial charge in [-0.15, -0.1) is 11.3 Å². The summed E-state index contributed by atoms with van der Waals surface area (Å²) >= 11 is 7.42. The molecule has 0 aliphatic heterocycles. The molecule has 0 radical (unpaired) electrons. The summed E-state index contributed by atoms with van der Waals surface area (Å²) in [6.07, 6.45) is -0.709. The molecule has 96 valence electrons. The first-order valence-electron chi connectivity index (χ1n) is 5.40. The van der Waals surface area contributed by atoms with E-state index in [-0.39, 0.29) is 6.61 Å². The lowest BCUT2D eigenvalue weighted by atomic mass is 10.1. The minimum absolute atomic E-state index is 0.264. The lowest BCUT2D eigenvalue weighted by Crippen LogP contribution is -2.00. The summed E-state index contributed by atoms with van der Waals surface area (Å²) in [6.45, 7) is 1.87. The molecule has 5 heteroatoms. The molecule has 0 bridgehead atoms. The predicted molar refractivity (Wildman–Crippen MR) is 70.7 cm³/mol. The zero-order valence-electron chi connectivity index (χ0n) is 9.69. The van der Waals surface area contributed by atoms with E-state index in [2.05, 4.69) is 0 Å². The summed E-state index contributed by atoms with van der Waals surface area (Å²) in [7, 11) is 0. The van der Waals surface area contributed by atoms with E-state index in [0.29, 0.717) is 16.3 Å². The van der Waals surface area contributed by atoms with E-state index < -0.39 is 11.9 Å². The maximum atomic E-state index is 13.2. The minimum Gasteiger partial charge on any atom is -0.488 e. The number of ether oxygens (including phenoxy) is 1. The van der Waals surface area contributed by atoms with E-state index in [9.17, 15) is 9.50 Å². The summed E-state index contributed by atoms with van der Waals surface area (Å²) in [6, 6.07) is 5.87. The number of benzene rings is 1. The molecule has 0 amide bonds. The van der Waals surface area contributed by atoms with Crippen molar-refractivity contribution in [3.8, 4) is 5.75 Å². The third-order valence-electron chi connectivity index (χ3n) is 2.48. The Morgan fingerprint density at radius 3 is 2.83 bits per heavy atom. The van der Waals surface area contributed by atoms with Crippen molar-refractivity contribution in [1.82, 2.24) is 0 Å². The van der Waals surface area contributed by atoms with Crippen LogP contribution in [0.2, 0.25) is 5.02 Å². The molecular weight excluding hydrogens is 275 g/mol. The van der Waals surface area contributed by atoms with Crippen molar-refractivity contribution in [2.45, 2.75) is 19.6 Å². The molecular formula is C13H12ClFO2S. The van der Waals surface area contributed by atoms with Gasteiger partial charge in [-0.2, -0.15) is 0 Å². The second-order valence-electron chi connectivity index (χ2n) is 3.84. The Kier molecular flexibility index (Phi) is 4.22. The third-order valence-corrected chi connectivity index (χ3v) is 3.84. The molecule has 2 aromatic rings. The smallest absolute Gasteiger partial charge is 0.128 e. The number of rotatable bonds is 4. The van der Waals surface area contributed by atoms with Gasteiger partial charge in [0.25, 0.3) is 0 Å². The molecule has 0 aliphatic carbocycles. The average molecular weight is 287 g/mol.